The number of aromatic nitrogens is 2. The van der Waals surface area contributed by atoms with Gasteiger partial charge in [0.25, 0.3) is 11.8 Å². The summed E-state index contributed by atoms with van der Waals surface area (Å²) in [5.74, 6) is 1.10. The molecule has 1 aromatic heterocycles. The maximum absolute atomic E-state index is 12.5. The highest BCUT2D eigenvalue weighted by atomic mass is 35.5. The Morgan fingerprint density at radius 2 is 2.21 bits per heavy atom. The molecule has 1 N–H and O–H groups in total. The molecular weight excluding hydrogens is 330 g/mol. The summed E-state index contributed by atoms with van der Waals surface area (Å²) in [4.78, 5) is 16.9. The Morgan fingerprint density at radius 1 is 1.42 bits per heavy atom. The van der Waals surface area contributed by atoms with Crippen LogP contribution >= 0.6 is 11.6 Å². The molecule has 0 radical (unpaired) electrons. The van der Waals surface area contributed by atoms with Gasteiger partial charge in [0.05, 0.1) is 11.3 Å². The second kappa shape index (κ2) is 6.91. The molecule has 1 aliphatic heterocycles. The van der Waals surface area contributed by atoms with Gasteiger partial charge >= 0.3 is 0 Å². The van der Waals surface area contributed by atoms with Gasteiger partial charge in [-0.05, 0) is 30.5 Å². The third-order valence-corrected chi connectivity index (χ3v) is 4.31. The summed E-state index contributed by atoms with van der Waals surface area (Å²) in [6.45, 7) is 6.57. The molecule has 2 atom stereocenters. The van der Waals surface area contributed by atoms with Crippen LogP contribution in [0.1, 0.15) is 38.9 Å². The van der Waals surface area contributed by atoms with Crippen LogP contribution in [0.2, 0.25) is 5.02 Å². The lowest BCUT2D eigenvalue weighted by molar-refractivity contribution is -0.126. The minimum absolute atomic E-state index is 0.146. The molecule has 7 heteroatoms. The summed E-state index contributed by atoms with van der Waals surface area (Å²) in [5, 5.41) is 7.39. The average Bonchev–Trinajstić information content (AvgIpc) is 3.18. The van der Waals surface area contributed by atoms with E-state index in [4.69, 9.17) is 20.9 Å². The maximum atomic E-state index is 12.5. The number of nitrogens with one attached hydrogen (secondary N) is 1. The number of ether oxygens (including phenoxy) is 1. The predicted molar refractivity (Wildman–Crippen MR) is 91.0 cm³/mol. The Bertz CT molecular complexity index is 744. The Hall–Kier alpha value is -1.92. The number of rotatable bonds is 4. The molecule has 1 aliphatic rings. The van der Waals surface area contributed by atoms with Crippen molar-refractivity contribution in [2.24, 2.45) is 5.92 Å². The van der Waals surface area contributed by atoms with Crippen molar-refractivity contribution >= 4 is 23.2 Å². The van der Waals surface area contributed by atoms with E-state index in [1.54, 1.807) is 18.2 Å². The molecular formula is C17H20ClN3O3. The lowest BCUT2D eigenvalue weighted by Gasteiger charge is -2.15. The lowest BCUT2D eigenvalue weighted by atomic mass is 10.0. The molecule has 3 rings (SSSR count). The summed E-state index contributed by atoms with van der Waals surface area (Å²) >= 11 is 6.10. The first-order valence-corrected chi connectivity index (χ1v) is 8.39. The Labute approximate surface area is 145 Å². The number of nitrogens with zero attached hydrogens (tertiary/aromatic N) is 2. The van der Waals surface area contributed by atoms with Gasteiger partial charge in [0.1, 0.15) is 6.10 Å². The van der Waals surface area contributed by atoms with E-state index in [1.165, 1.54) is 0 Å². The molecule has 1 amide bonds. The zero-order valence-corrected chi connectivity index (χ0v) is 14.6. The number of hydrogen-bond donors (Lipinski definition) is 1. The number of halogens is 1. The van der Waals surface area contributed by atoms with Gasteiger partial charge in [0.2, 0.25) is 0 Å². The van der Waals surface area contributed by atoms with E-state index in [0.29, 0.717) is 34.6 Å². The van der Waals surface area contributed by atoms with Crippen molar-refractivity contribution in [1.29, 1.82) is 0 Å². The van der Waals surface area contributed by atoms with Crippen molar-refractivity contribution in [3.63, 3.8) is 0 Å². The second-order valence-corrected chi connectivity index (χ2v) is 6.79. The highest BCUT2D eigenvalue weighted by molar-refractivity contribution is 6.31. The van der Waals surface area contributed by atoms with Gasteiger partial charge in [0.15, 0.2) is 5.82 Å². The summed E-state index contributed by atoms with van der Waals surface area (Å²) < 4.78 is 10.8. The molecule has 128 valence electrons. The fourth-order valence-corrected chi connectivity index (χ4v) is 2.79. The number of carbonyl (C=O) groups excluding carboxylic acids is 1. The predicted octanol–water partition coefficient (Wildman–Crippen LogP) is 3.88. The van der Waals surface area contributed by atoms with E-state index in [0.717, 1.165) is 6.42 Å². The number of amides is 1. The Kier molecular flexibility index (Phi) is 4.87. The molecule has 1 saturated heterocycles. The van der Waals surface area contributed by atoms with Crippen molar-refractivity contribution in [3.8, 4) is 11.5 Å². The monoisotopic (exact) mass is 349 g/mol. The van der Waals surface area contributed by atoms with E-state index in [2.05, 4.69) is 15.5 Å². The molecule has 0 saturated carbocycles. The Balaban J connectivity index is 1.89. The number of benzene rings is 1. The molecule has 1 fully saturated rings. The summed E-state index contributed by atoms with van der Waals surface area (Å²) in [6.07, 6.45) is 0.440. The quantitative estimate of drug-likeness (QED) is 0.906. The average molecular weight is 350 g/mol. The van der Waals surface area contributed by atoms with Gasteiger partial charge in [-0.25, -0.2) is 0 Å². The van der Waals surface area contributed by atoms with Crippen molar-refractivity contribution in [3.05, 3.63) is 29.0 Å². The molecule has 6 nitrogen and oxygen atoms in total. The third-order valence-electron chi connectivity index (χ3n) is 4.07. The van der Waals surface area contributed by atoms with Gasteiger partial charge in [-0.2, -0.15) is 4.98 Å². The summed E-state index contributed by atoms with van der Waals surface area (Å²) in [7, 11) is 0. The fraction of sp³-hybridized carbons (Fsp3) is 0.471. The van der Waals surface area contributed by atoms with E-state index in [1.807, 2.05) is 20.8 Å². The van der Waals surface area contributed by atoms with Crippen molar-refractivity contribution in [2.45, 2.75) is 39.2 Å². The molecule has 1 aromatic carbocycles. The molecule has 0 unspecified atom stereocenters. The van der Waals surface area contributed by atoms with Gasteiger partial charge in [-0.15, -0.1) is 0 Å². The van der Waals surface area contributed by atoms with Crippen LogP contribution in [0.3, 0.4) is 0 Å². The Morgan fingerprint density at radius 3 is 2.83 bits per heavy atom. The highest BCUT2D eigenvalue weighted by Crippen LogP contribution is 2.31. The van der Waals surface area contributed by atoms with E-state index in [-0.39, 0.29) is 17.7 Å². The summed E-state index contributed by atoms with van der Waals surface area (Å²) in [6, 6.07) is 5.14. The first-order valence-electron chi connectivity index (χ1n) is 8.01. The highest BCUT2D eigenvalue weighted by Gasteiger charge is 2.31. The van der Waals surface area contributed by atoms with E-state index >= 15 is 0 Å². The van der Waals surface area contributed by atoms with Crippen LogP contribution in [-0.4, -0.2) is 28.8 Å². The van der Waals surface area contributed by atoms with E-state index in [9.17, 15) is 4.79 Å². The lowest BCUT2D eigenvalue weighted by Crippen LogP contribution is -2.31. The normalized spacial score (nSPS) is 20.5. The van der Waals surface area contributed by atoms with Crippen LogP contribution in [-0.2, 0) is 9.53 Å². The van der Waals surface area contributed by atoms with Crippen LogP contribution in [0.15, 0.2) is 22.7 Å². The van der Waals surface area contributed by atoms with Crippen LogP contribution in [0.4, 0.5) is 5.69 Å². The van der Waals surface area contributed by atoms with Crippen LogP contribution < -0.4 is 5.32 Å². The van der Waals surface area contributed by atoms with Crippen molar-refractivity contribution in [1.82, 2.24) is 10.1 Å². The fourth-order valence-electron chi connectivity index (χ4n) is 2.62. The molecule has 2 heterocycles. The van der Waals surface area contributed by atoms with Crippen LogP contribution in [0, 0.1) is 5.92 Å². The molecule has 0 bridgehead atoms. The number of carbonyl (C=O) groups is 1. The molecule has 0 spiro atoms. The number of anilines is 1. The smallest absolute Gasteiger partial charge is 0.260 e. The number of hydrogen-bond acceptors (Lipinski definition) is 5. The standard InChI is InChI=1S/C17H20ClN3O3/c1-9(2)15-20-17(24-21-15)12-8-11(18)4-5-13(12)19-16(22)14-10(3)6-7-23-14/h4-5,8-10,14H,6-7H2,1-3H3,(H,19,22)/t10-,14+/m1/s1. The topological polar surface area (TPSA) is 77.2 Å². The zero-order valence-electron chi connectivity index (χ0n) is 13.9. The largest absolute Gasteiger partial charge is 0.368 e. The van der Waals surface area contributed by atoms with Gasteiger partial charge < -0.3 is 14.6 Å². The zero-order chi connectivity index (χ0) is 17.3. The minimum atomic E-state index is -0.442. The molecule has 2 aromatic rings. The second-order valence-electron chi connectivity index (χ2n) is 6.35. The van der Waals surface area contributed by atoms with Crippen LogP contribution in [0.5, 0.6) is 0 Å². The van der Waals surface area contributed by atoms with Crippen molar-refractivity contribution in [2.75, 3.05) is 11.9 Å². The summed E-state index contributed by atoms with van der Waals surface area (Å²) in [5.41, 5.74) is 1.17. The van der Waals surface area contributed by atoms with Crippen molar-refractivity contribution < 1.29 is 14.1 Å². The third kappa shape index (κ3) is 3.44. The van der Waals surface area contributed by atoms with Crippen LogP contribution in [0.25, 0.3) is 11.5 Å². The van der Waals surface area contributed by atoms with E-state index < -0.39 is 6.10 Å². The SMILES string of the molecule is CC(C)c1noc(-c2cc(Cl)ccc2NC(=O)[C@H]2OCC[C@H]2C)n1. The van der Waals surface area contributed by atoms with Gasteiger partial charge in [-0.1, -0.05) is 37.5 Å². The van der Waals surface area contributed by atoms with Gasteiger partial charge in [-0.3, -0.25) is 4.79 Å². The molecule has 24 heavy (non-hydrogen) atoms. The molecule has 0 aliphatic carbocycles. The first kappa shape index (κ1) is 16.9. The van der Waals surface area contributed by atoms with Gasteiger partial charge in [0, 0.05) is 17.5 Å². The first-order chi connectivity index (χ1) is 11.5. The maximum Gasteiger partial charge on any atom is 0.260 e. The minimum Gasteiger partial charge on any atom is -0.368 e.